The minimum Gasteiger partial charge on any atom is -0.349 e. The van der Waals surface area contributed by atoms with E-state index in [1.54, 1.807) is 19.3 Å². The summed E-state index contributed by atoms with van der Waals surface area (Å²) in [7, 11) is 1.65. The van der Waals surface area contributed by atoms with E-state index >= 15 is 0 Å². The number of aryl methyl sites for hydroxylation is 1. The van der Waals surface area contributed by atoms with Gasteiger partial charge >= 0.3 is 0 Å². The van der Waals surface area contributed by atoms with Crippen LogP contribution in [0.15, 0.2) is 23.1 Å². The number of rotatable bonds is 5. The Balaban J connectivity index is 2.80. The van der Waals surface area contributed by atoms with Crippen LogP contribution in [0.2, 0.25) is 0 Å². The van der Waals surface area contributed by atoms with Crippen LogP contribution in [0.1, 0.15) is 30.6 Å². The Hall–Kier alpha value is -1.62. The number of nitrogens with zero attached hydrogens (tertiary/aromatic N) is 1. The Kier molecular flexibility index (Phi) is 5.09. The molecule has 0 spiro atoms. The van der Waals surface area contributed by atoms with Crippen LogP contribution in [-0.4, -0.2) is 23.1 Å². The second kappa shape index (κ2) is 6.35. The van der Waals surface area contributed by atoms with Gasteiger partial charge < -0.3 is 15.6 Å². The summed E-state index contributed by atoms with van der Waals surface area (Å²) >= 11 is 0. The van der Waals surface area contributed by atoms with E-state index < -0.39 is 0 Å². The van der Waals surface area contributed by atoms with E-state index in [9.17, 15) is 9.59 Å². The lowest BCUT2D eigenvalue weighted by Gasteiger charge is -2.21. The number of amides is 1. The molecule has 0 aliphatic rings. The summed E-state index contributed by atoms with van der Waals surface area (Å²) < 4.78 is 1.43. The summed E-state index contributed by atoms with van der Waals surface area (Å²) in [4.78, 5) is 23.5. The van der Waals surface area contributed by atoms with E-state index in [0.29, 0.717) is 18.0 Å². The minimum atomic E-state index is -0.222. The van der Waals surface area contributed by atoms with E-state index in [1.807, 2.05) is 13.8 Å². The molecule has 0 aliphatic heterocycles. The fraction of sp³-hybridized carbons (Fsp3) is 0.538. The summed E-state index contributed by atoms with van der Waals surface area (Å²) in [5, 5.41) is 2.91. The highest BCUT2D eigenvalue weighted by molar-refractivity contribution is 5.94. The van der Waals surface area contributed by atoms with Crippen LogP contribution in [0.25, 0.3) is 0 Å². The van der Waals surface area contributed by atoms with E-state index in [0.717, 1.165) is 6.42 Å². The van der Waals surface area contributed by atoms with Gasteiger partial charge in [-0.1, -0.05) is 13.8 Å². The third-order valence-corrected chi connectivity index (χ3v) is 2.97. The number of nitrogens with two attached hydrogens (primary N) is 1. The molecule has 0 fully saturated rings. The minimum absolute atomic E-state index is 0.0339. The normalized spacial score (nSPS) is 12.5. The molecular weight excluding hydrogens is 230 g/mol. The number of carbonyl (C=O) groups excluding carboxylic acids is 1. The van der Waals surface area contributed by atoms with Crippen molar-refractivity contribution in [1.82, 2.24) is 9.88 Å². The molecule has 3 N–H and O–H groups in total. The van der Waals surface area contributed by atoms with Gasteiger partial charge in [0.25, 0.3) is 11.5 Å². The second-order valence-electron chi connectivity index (χ2n) is 4.77. The first kappa shape index (κ1) is 14.4. The first-order chi connectivity index (χ1) is 8.45. The predicted molar refractivity (Wildman–Crippen MR) is 71.4 cm³/mol. The highest BCUT2D eigenvalue weighted by Gasteiger charge is 2.16. The Labute approximate surface area is 107 Å². The highest BCUT2D eigenvalue weighted by atomic mass is 16.2. The van der Waals surface area contributed by atoms with Crippen molar-refractivity contribution in [3.63, 3.8) is 0 Å². The molecule has 0 aliphatic carbocycles. The van der Waals surface area contributed by atoms with Gasteiger partial charge in [-0.2, -0.15) is 0 Å². The van der Waals surface area contributed by atoms with Gasteiger partial charge in [0.05, 0.1) is 0 Å². The molecule has 5 heteroatoms. The highest BCUT2D eigenvalue weighted by Crippen LogP contribution is 2.06. The molecule has 0 aromatic carbocycles. The largest absolute Gasteiger partial charge is 0.349 e. The van der Waals surface area contributed by atoms with Gasteiger partial charge in [0.2, 0.25) is 0 Å². The van der Waals surface area contributed by atoms with Gasteiger partial charge in [0, 0.05) is 30.9 Å². The van der Waals surface area contributed by atoms with Crippen molar-refractivity contribution in [3.8, 4) is 0 Å². The van der Waals surface area contributed by atoms with Gasteiger partial charge in [-0.25, -0.2) is 0 Å². The van der Waals surface area contributed by atoms with Crippen LogP contribution in [0.5, 0.6) is 0 Å². The molecule has 100 valence electrons. The average Bonchev–Trinajstić information content (AvgIpc) is 2.31. The van der Waals surface area contributed by atoms with Gasteiger partial charge in [-0.15, -0.1) is 0 Å². The fourth-order valence-electron chi connectivity index (χ4n) is 1.69. The lowest BCUT2D eigenvalue weighted by molar-refractivity contribution is 0.0923. The summed E-state index contributed by atoms with van der Waals surface area (Å²) in [6.07, 6.45) is 2.32. The van der Waals surface area contributed by atoms with Crippen molar-refractivity contribution in [1.29, 1.82) is 0 Å². The number of aromatic nitrogens is 1. The first-order valence-electron chi connectivity index (χ1n) is 6.13. The van der Waals surface area contributed by atoms with Crippen molar-refractivity contribution in [2.75, 3.05) is 6.54 Å². The summed E-state index contributed by atoms with van der Waals surface area (Å²) in [5.74, 6) is 0.0869. The zero-order valence-electron chi connectivity index (χ0n) is 11.1. The van der Waals surface area contributed by atoms with Crippen LogP contribution in [0.4, 0.5) is 0 Å². The summed E-state index contributed by atoms with van der Waals surface area (Å²) in [6, 6.07) is 3.01. The molecule has 1 rings (SSSR count). The molecule has 1 amide bonds. The second-order valence-corrected chi connectivity index (χ2v) is 4.77. The van der Waals surface area contributed by atoms with Crippen molar-refractivity contribution in [3.05, 3.63) is 34.2 Å². The number of nitrogens with one attached hydrogen (secondary N) is 1. The molecule has 1 unspecified atom stereocenters. The Morgan fingerprint density at radius 1 is 1.50 bits per heavy atom. The molecule has 0 saturated heterocycles. The molecule has 1 atom stereocenters. The van der Waals surface area contributed by atoms with Crippen LogP contribution in [-0.2, 0) is 7.05 Å². The van der Waals surface area contributed by atoms with Crippen molar-refractivity contribution in [2.24, 2.45) is 18.7 Å². The summed E-state index contributed by atoms with van der Waals surface area (Å²) in [5.41, 5.74) is 5.72. The maximum atomic E-state index is 12.0. The predicted octanol–water partition coefficient (Wildman–Crippen LogP) is 0.489. The number of pyridine rings is 1. The molecule has 1 aromatic heterocycles. The van der Waals surface area contributed by atoms with Crippen LogP contribution in [0.3, 0.4) is 0 Å². The monoisotopic (exact) mass is 251 g/mol. The smallest absolute Gasteiger partial charge is 0.251 e. The average molecular weight is 251 g/mol. The van der Waals surface area contributed by atoms with Crippen LogP contribution in [0, 0.1) is 5.92 Å². The molecule has 5 nitrogen and oxygen atoms in total. The number of carbonyl (C=O) groups is 1. The zero-order valence-corrected chi connectivity index (χ0v) is 11.1. The molecule has 18 heavy (non-hydrogen) atoms. The SMILES string of the molecule is CC(C)C(CCN)NC(=O)c1ccn(C)c(=O)c1. The fourth-order valence-corrected chi connectivity index (χ4v) is 1.69. The van der Waals surface area contributed by atoms with Crippen molar-refractivity contribution < 1.29 is 4.79 Å². The van der Waals surface area contributed by atoms with Crippen molar-refractivity contribution >= 4 is 5.91 Å². The third-order valence-electron chi connectivity index (χ3n) is 2.97. The third kappa shape index (κ3) is 3.70. The topological polar surface area (TPSA) is 77.1 Å². The van der Waals surface area contributed by atoms with Crippen LogP contribution < -0.4 is 16.6 Å². The van der Waals surface area contributed by atoms with Crippen molar-refractivity contribution in [2.45, 2.75) is 26.3 Å². The first-order valence-corrected chi connectivity index (χ1v) is 6.13. The lowest BCUT2D eigenvalue weighted by atomic mass is 10.0. The maximum absolute atomic E-state index is 12.0. The molecule has 0 saturated carbocycles. The molecule has 1 heterocycles. The Morgan fingerprint density at radius 3 is 2.67 bits per heavy atom. The molecule has 0 radical (unpaired) electrons. The van der Waals surface area contributed by atoms with E-state index in [1.165, 1.54) is 10.6 Å². The maximum Gasteiger partial charge on any atom is 0.251 e. The van der Waals surface area contributed by atoms with Gasteiger partial charge in [0.1, 0.15) is 0 Å². The lowest BCUT2D eigenvalue weighted by Crippen LogP contribution is -2.40. The van der Waals surface area contributed by atoms with E-state index in [-0.39, 0.29) is 17.5 Å². The standard InChI is InChI=1S/C13H21N3O2/c1-9(2)11(4-6-14)15-13(18)10-5-7-16(3)12(17)8-10/h5,7-9,11H,4,6,14H2,1-3H3,(H,15,18). The number of hydrogen-bond donors (Lipinski definition) is 2. The van der Waals surface area contributed by atoms with Gasteiger partial charge in [0.15, 0.2) is 0 Å². The molecular formula is C13H21N3O2. The Morgan fingerprint density at radius 2 is 2.17 bits per heavy atom. The van der Waals surface area contributed by atoms with Gasteiger partial charge in [-0.05, 0) is 24.9 Å². The van der Waals surface area contributed by atoms with E-state index in [2.05, 4.69) is 5.32 Å². The Bertz CT molecular complexity index is 466. The quantitative estimate of drug-likeness (QED) is 0.799. The zero-order chi connectivity index (χ0) is 13.7. The number of hydrogen-bond acceptors (Lipinski definition) is 3. The molecule has 1 aromatic rings. The van der Waals surface area contributed by atoms with Gasteiger partial charge in [-0.3, -0.25) is 9.59 Å². The summed E-state index contributed by atoms with van der Waals surface area (Å²) in [6.45, 7) is 4.59. The molecule has 0 bridgehead atoms. The van der Waals surface area contributed by atoms with E-state index in [4.69, 9.17) is 5.73 Å². The van der Waals surface area contributed by atoms with Crippen LogP contribution >= 0.6 is 0 Å².